The third kappa shape index (κ3) is 6.54. The average molecular weight is 510 g/mol. The van der Waals surface area contributed by atoms with Gasteiger partial charge in [-0.2, -0.15) is 0 Å². The molecule has 38 heavy (non-hydrogen) atoms. The van der Waals surface area contributed by atoms with E-state index in [4.69, 9.17) is 9.72 Å². The van der Waals surface area contributed by atoms with Gasteiger partial charge in [0.2, 0.25) is 0 Å². The zero-order valence-electron chi connectivity index (χ0n) is 23.8. The van der Waals surface area contributed by atoms with Crippen LogP contribution in [0.15, 0.2) is 72.8 Å². The maximum Gasteiger partial charge on any atom is 0.140 e. The summed E-state index contributed by atoms with van der Waals surface area (Å²) in [6.45, 7) is 12.6. The summed E-state index contributed by atoms with van der Waals surface area (Å²) < 4.78 is 8.12. The number of nitrogens with zero attached hydrogens (tertiary/aromatic N) is 3. The fourth-order valence-electron chi connectivity index (χ4n) is 5.36. The van der Waals surface area contributed by atoms with Gasteiger partial charge >= 0.3 is 0 Å². The van der Waals surface area contributed by atoms with E-state index in [0.29, 0.717) is 0 Å². The van der Waals surface area contributed by atoms with Crippen LogP contribution in [0.5, 0.6) is 5.75 Å². The van der Waals surface area contributed by atoms with Gasteiger partial charge in [0, 0.05) is 30.8 Å². The van der Waals surface area contributed by atoms with Gasteiger partial charge in [0.25, 0.3) is 0 Å². The van der Waals surface area contributed by atoms with Gasteiger partial charge in [-0.25, -0.2) is 4.98 Å². The first-order chi connectivity index (χ1) is 18.5. The molecule has 4 heteroatoms. The van der Waals surface area contributed by atoms with Crippen LogP contribution < -0.4 is 4.74 Å². The van der Waals surface area contributed by atoms with Crippen molar-refractivity contribution in [3.8, 4) is 28.4 Å². The molecule has 4 aromatic rings. The molecule has 0 saturated carbocycles. The molecule has 200 valence electrons. The fourth-order valence-corrected chi connectivity index (χ4v) is 5.36. The van der Waals surface area contributed by atoms with Gasteiger partial charge in [0.05, 0.1) is 18.5 Å². The molecule has 0 aliphatic rings. The smallest absolute Gasteiger partial charge is 0.140 e. The Morgan fingerprint density at radius 2 is 1.39 bits per heavy atom. The summed E-state index contributed by atoms with van der Waals surface area (Å²) in [6.07, 6.45) is 4.62. The fraction of sp³-hybridized carbons (Fsp3) is 0.382. The number of methoxy groups -OCH3 is 1. The molecule has 0 radical (unpaired) electrons. The lowest BCUT2D eigenvalue weighted by molar-refractivity contribution is 0.246. The Labute approximate surface area is 229 Å². The molecular weight excluding hydrogens is 466 g/mol. The van der Waals surface area contributed by atoms with Crippen LogP contribution >= 0.6 is 0 Å². The molecular formula is C34H43N3O. The Morgan fingerprint density at radius 1 is 0.789 bits per heavy atom. The number of aromatic nitrogens is 2. The number of aryl methyl sites for hydroxylation is 2. The van der Waals surface area contributed by atoms with Crippen molar-refractivity contribution in [2.45, 2.75) is 73.0 Å². The largest absolute Gasteiger partial charge is 0.496 e. The normalized spacial score (nSPS) is 11.3. The van der Waals surface area contributed by atoms with Crippen molar-refractivity contribution in [1.82, 2.24) is 14.5 Å². The molecule has 0 amide bonds. The highest BCUT2D eigenvalue weighted by Crippen LogP contribution is 2.32. The van der Waals surface area contributed by atoms with E-state index in [1.807, 2.05) is 0 Å². The summed E-state index contributed by atoms with van der Waals surface area (Å²) in [4.78, 5) is 7.92. The lowest BCUT2D eigenvalue weighted by atomic mass is 10.0. The van der Waals surface area contributed by atoms with Crippen LogP contribution in [-0.4, -0.2) is 28.1 Å². The first-order valence-corrected chi connectivity index (χ1v) is 14.1. The Bertz CT molecular complexity index is 1270. The first-order valence-electron chi connectivity index (χ1n) is 14.1. The average Bonchev–Trinajstić information content (AvgIpc) is 3.29. The van der Waals surface area contributed by atoms with E-state index in [9.17, 15) is 0 Å². The standard InChI is InChI=1S/C34H43N3O/c1-6-8-20-36(24-28-22-26(3)33(38-5)27(4)23-28)25-31-32(29-16-12-10-13-17-29)35-34(37(31)21-9-7-2)30-18-14-11-15-19-30/h10-19,22-23H,6-9,20-21,24-25H2,1-5H3. The van der Waals surface area contributed by atoms with E-state index in [-0.39, 0.29) is 0 Å². The maximum absolute atomic E-state index is 5.63. The van der Waals surface area contributed by atoms with E-state index in [1.165, 1.54) is 46.4 Å². The topological polar surface area (TPSA) is 30.3 Å². The third-order valence-electron chi connectivity index (χ3n) is 7.22. The van der Waals surface area contributed by atoms with Gasteiger partial charge in [0.15, 0.2) is 0 Å². The molecule has 4 nitrogen and oxygen atoms in total. The van der Waals surface area contributed by atoms with E-state index in [1.54, 1.807) is 7.11 Å². The number of benzene rings is 3. The van der Waals surface area contributed by atoms with Crippen LogP contribution in [0.1, 0.15) is 61.9 Å². The van der Waals surface area contributed by atoms with Crippen molar-refractivity contribution in [2.24, 2.45) is 0 Å². The zero-order valence-corrected chi connectivity index (χ0v) is 23.8. The molecule has 1 aromatic heterocycles. The minimum Gasteiger partial charge on any atom is -0.496 e. The van der Waals surface area contributed by atoms with Crippen molar-refractivity contribution in [1.29, 1.82) is 0 Å². The van der Waals surface area contributed by atoms with Crippen LogP contribution in [0.3, 0.4) is 0 Å². The molecule has 0 unspecified atom stereocenters. The minimum atomic E-state index is 0.859. The van der Waals surface area contributed by atoms with E-state index in [0.717, 1.165) is 56.3 Å². The number of ether oxygens (including phenoxy) is 1. The van der Waals surface area contributed by atoms with Crippen LogP contribution in [-0.2, 0) is 19.6 Å². The lowest BCUT2D eigenvalue weighted by Crippen LogP contribution is -2.26. The van der Waals surface area contributed by atoms with Crippen molar-refractivity contribution in [2.75, 3.05) is 13.7 Å². The van der Waals surface area contributed by atoms with E-state index < -0.39 is 0 Å². The molecule has 0 atom stereocenters. The summed E-state index contributed by atoms with van der Waals surface area (Å²) in [7, 11) is 1.76. The number of rotatable bonds is 13. The van der Waals surface area contributed by atoms with E-state index >= 15 is 0 Å². The Morgan fingerprint density at radius 3 is 1.97 bits per heavy atom. The third-order valence-corrected chi connectivity index (χ3v) is 7.22. The van der Waals surface area contributed by atoms with Crippen LogP contribution in [0.4, 0.5) is 0 Å². The summed E-state index contributed by atoms with van der Waals surface area (Å²) >= 11 is 0. The second kappa shape index (κ2) is 13.4. The number of unbranched alkanes of at least 4 members (excludes halogenated alkanes) is 2. The van der Waals surface area contributed by atoms with Gasteiger partial charge in [-0.05, 0) is 49.9 Å². The molecule has 0 aliphatic carbocycles. The van der Waals surface area contributed by atoms with Gasteiger partial charge < -0.3 is 9.30 Å². The number of imidazole rings is 1. The minimum absolute atomic E-state index is 0.859. The highest BCUT2D eigenvalue weighted by Gasteiger charge is 2.22. The second-order valence-corrected chi connectivity index (χ2v) is 10.3. The molecule has 0 aliphatic heterocycles. The van der Waals surface area contributed by atoms with Crippen molar-refractivity contribution in [3.63, 3.8) is 0 Å². The summed E-state index contributed by atoms with van der Waals surface area (Å²) in [5.74, 6) is 2.06. The molecule has 0 bridgehead atoms. The van der Waals surface area contributed by atoms with Crippen molar-refractivity contribution >= 4 is 0 Å². The molecule has 0 saturated heterocycles. The number of hydrogen-bond donors (Lipinski definition) is 0. The second-order valence-electron chi connectivity index (χ2n) is 10.3. The van der Waals surface area contributed by atoms with Crippen molar-refractivity contribution < 1.29 is 4.74 Å². The highest BCUT2D eigenvalue weighted by molar-refractivity contribution is 5.68. The predicted molar refractivity (Wildman–Crippen MR) is 159 cm³/mol. The van der Waals surface area contributed by atoms with Gasteiger partial charge in [-0.1, -0.05) is 99.5 Å². The quantitative estimate of drug-likeness (QED) is 0.181. The monoisotopic (exact) mass is 509 g/mol. The van der Waals surface area contributed by atoms with Crippen LogP contribution in [0.2, 0.25) is 0 Å². The molecule has 0 N–H and O–H groups in total. The highest BCUT2D eigenvalue weighted by atomic mass is 16.5. The van der Waals surface area contributed by atoms with Gasteiger partial charge in [-0.15, -0.1) is 0 Å². The SMILES string of the molecule is CCCCN(Cc1cc(C)c(OC)c(C)c1)Cc1c(-c2ccccc2)nc(-c2ccccc2)n1CCCC. The zero-order chi connectivity index (χ0) is 26.9. The summed E-state index contributed by atoms with van der Waals surface area (Å²) in [5, 5.41) is 0. The van der Waals surface area contributed by atoms with Gasteiger partial charge in [-0.3, -0.25) is 4.90 Å². The van der Waals surface area contributed by atoms with E-state index in [2.05, 4.69) is 110 Å². The van der Waals surface area contributed by atoms with Crippen molar-refractivity contribution in [3.05, 3.63) is 95.2 Å². The predicted octanol–water partition coefficient (Wildman–Crippen LogP) is 8.44. The first kappa shape index (κ1) is 27.7. The lowest BCUT2D eigenvalue weighted by Gasteiger charge is -2.25. The summed E-state index contributed by atoms with van der Waals surface area (Å²) in [5.41, 5.74) is 8.49. The molecule has 0 spiro atoms. The molecule has 3 aromatic carbocycles. The Balaban J connectivity index is 1.79. The summed E-state index contributed by atoms with van der Waals surface area (Å²) in [6, 6.07) is 25.9. The maximum atomic E-state index is 5.63. The Hall–Kier alpha value is -3.37. The molecule has 4 rings (SSSR count). The molecule has 0 fully saturated rings. The van der Waals surface area contributed by atoms with Crippen LogP contribution in [0, 0.1) is 13.8 Å². The van der Waals surface area contributed by atoms with Crippen LogP contribution in [0.25, 0.3) is 22.6 Å². The van der Waals surface area contributed by atoms with Gasteiger partial charge in [0.1, 0.15) is 11.6 Å². The number of hydrogen-bond acceptors (Lipinski definition) is 3. The molecule has 1 heterocycles. The Kier molecular flexibility index (Phi) is 9.78.